The van der Waals surface area contributed by atoms with Gasteiger partial charge in [0.25, 0.3) is 5.91 Å². The van der Waals surface area contributed by atoms with E-state index in [0.717, 1.165) is 42.4 Å². The van der Waals surface area contributed by atoms with Crippen molar-refractivity contribution in [3.05, 3.63) is 78.2 Å². The number of nitrogens with one attached hydrogen (secondary N) is 3. The fourth-order valence-electron chi connectivity index (χ4n) is 5.25. The van der Waals surface area contributed by atoms with Gasteiger partial charge in [-0.05, 0) is 34.9 Å². The molecule has 3 atom stereocenters. The van der Waals surface area contributed by atoms with Crippen LogP contribution >= 0.6 is 0 Å². The summed E-state index contributed by atoms with van der Waals surface area (Å²) in [7, 11) is 0. The maximum absolute atomic E-state index is 13.6. The number of rotatable bonds is 12. The Morgan fingerprint density at radius 2 is 1.60 bits per heavy atom. The van der Waals surface area contributed by atoms with Crippen LogP contribution in [0.25, 0.3) is 11.1 Å². The Hall–Kier alpha value is -3.94. The molecule has 0 bridgehead atoms. The van der Waals surface area contributed by atoms with Crippen LogP contribution < -0.4 is 16.0 Å². The van der Waals surface area contributed by atoms with Crippen LogP contribution in [0.15, 0.2) is 71.4 Å². The normalized spacial score (nSPS) is 15.9. The van der Waals surface area contributed by atoms with Crippen molar-refractivity contribution in [1.29, 1.82) is 0 Å². The van der Waals surface area contributed by atoms with Crippen LogP contribution in [0.5, 0.6) is 0 Å². The molecule has 0 spiro atoms. The summed E-state index contributed by atoms with van der Waals surface area (Å²) in [6.07, 6.45) is 8.13. The van der Waals surface area contributed by atoms with Crippen molar-refractivity contribution in [3.63, 3.8) is 0 Å². The molecule has 1 fully saturated rings. The van der Waals surface area contributed by atoms with Crippen molar-refractivity contribution >= 4 is 17.7 Å². The van der Waals surface area contributed by atoms with E-state index >= 15 is 0 Å². The summed E-state index contributed by atoms with van der Waals surface area (Å²) < 4.78 is 4.99. The molecule has 8 heteroatoms. The van der Waals surface area contributed by atoms with E-state index in [2.05, 4.69) is 33.2 Å². The van der Waals surface area contributed by atoms with Crippen molar-refractivity contribution in [2.45, 2.75) is 77.4 Å². The van der Waals surface area contributed by atoms with Crippen molar-refractivity contribution in [3.8, 4) is 11.1 Å². The Labute approximate surface area is 236 Å². The third kappa shape index (κ3) is 8.04. The highest BCUT2D eigenvalue weighted by atomic mass is 16.5. The van der Waals surface area contributed by atoms with Gasteiger partial charge >= 0.3 is 0 Å². The SMILES string of the molecule is CC[C@H](C)[C@H](NC(=O)[C@H](CC1CCCCC1)NC(=O)c1ccno1)C(=O)NCc1ccc(-c2ccccc2)cc1. The Kier molecular flexibility index (Phi) is 10.5. The van der Waals surface area contributed by atoms with E-state index in [1.165, 1.54) is 18.7 Å². The zero-order valence-electron chi connectivity index (χ0n) is 23.4. The number of amides is 3. The highest BCUT2D eigenvalue weighted by Gasteiger charge is 2.32. The van der Waals surface area contributed by atoms with Gasteiger partial charge in [-0.25, -0.2) is 0 Å². The first-order valence-corrected chi connectivity index (χ1v) is 14.4. The van der Waals surface area contributed by atoms with E-state index in [9.17, 15) is 14.4 Å². The fraction of sp³-hybridized carbons (Fsp3) is 0.438. The van der Waals surface area contributed by atoms with E-state index in [-0.39, 0.29) is 23.5 Å². The number of aromatic nitrogens is 1. The molecule has 4 rings (SSSR count). The van der Waals surface area contributed by atoms with E-state index in [1.54, 1.807) is 0 Å². The van der Waals surface area contributed by atoms with Gasteiger partial charge < -0.3 is 20.5 Å². The standard InChI is InChI=1S/C32H40N4O4/c1-3-22(2)29(32(39)33-21-24-14-16-26(17-15-24)25-12-8-5-9-13-25)36-30(37)27(20-23-10-6-4-7-11-23)35-31(38)28-18-19-34-40-28/h5,8-9,12-19,22-23,27,29H,3-4,6-7,10-11,20-21H2,1-2H3,(H,33,39)(H,35,38)(H,36,37)/t22-,27-,29-/m0/s1. The summed E-state index contributed by atoms with van der Waals surface area (Å²) in [6.45, 7) is 4.29. The molecule has 8 nitrogen and oxygen atoms in total. The number of carbonyl (C=O) groups is 3. The third-order valence-electron chi connectivity index (χ3n) is 7.90. The molecule has 1 saturated carbocycles. The molecule has 1 heterocycles. The van der Waals surface area contributed by atoms with Crippen LogP contribution in [0.3, 0.4) is 0 Å². The maximum Gasteiger partial charge on any atom is 0.290 e. The van der Waals surface area contributed by atoms with Crippen LogP contribution in [0.2, 0.25) is 0 Å². The van der Waals surface area contributed by atoms with Crippen LogP contribution in [-0.2, 0) is 16.1 Å². The molecule has 212 valence electrons. The van der Waals surface area contributed by atoms with Gasteiger partial charge in [0.05, 0.1) is 6.20 Å². The molecule has 3 N–H and O–H groups in total. The van der Waals surface area contributed by atoms with Gasteiger partial charge in [0.2, 0.25) is 17.6 Å². The number of hydrogen-bond acceptors (Lipinski definition) is 5. The second kappa shape index (κ2) is 14.4. The van der Waals surface area contributed by atoms with Gasteiger partial charge in [0, 0.05) is 12.6 Å². The van der Waals surface area contributed by atoms with Crippen molar-refractivity contribution < 1.29 is 18.9 Å². The quantitative estimate of drug-likeness (QED) is 0.288. The summed E-state index contributed by atoms with van der Waals surface area (Å²) >= 11 is 0. The van der Waals surface area contributed by atoms with Gasteiger partial charge in [-0.1, -0.05) is 112 Å². The zero-order chi connectivity index (χ0) is 28.3. The molecule has 1 aromatic heterocycles. The van der Waals surface area contributed by atoms with E-state index in [0.29, 0.717) is 25.3 Å². The molecule has 2 aromatic carbocycles. The Bertz CT molecular complexity index is 1220. The topological polar surface area (TPSA) is 113 Å². The van der Waals surface area contributed by atoms with Crippen LogP contribution in [-0.4, -0.2) is 35.0 Å². The summed E-state index contributed by atoms with van der Waals surface area (Å²) in [5.74, 6) is -0.786. The van der Waals surface area contributed by atoms with Gasteiger partial charge in [-0.15, -0.1) is 0 Å². The van der Waals surface area contributed by atoms with Crippen LogP contribution in [0.4, 0.5) is 0 Å². The van der Waals surface area contributed by atoms with Gasteiger partial charge in [-0.3, -0.25) is 14.4 Å². The first-order valence-electron chi connectivity index (χ1n) is 14.4. The van der Waals surface area contributed by atoms with Crippen LogP contribution in [0, 0.1) is 11.8 Å². The second-order valence-electron chi connectivity index (χ2n) is 10.8. The predicted molar refractivity (Wildman–Crippen MR) is 154 cm³/mol. The molecule has 0 aliphatic heterocycles. The van der Waals surface area contributed by atoms with Crippen molar-refractivity contribution in [1.82, 2.24) is 21.1 Å². The molecular weight excluding hydrogens is 504 g/mol. The summed E-state index contributed by atoms with van der Waals surface area (Å²) in [5, 5.41) is 12.4. The minimum Gasteiger partial charge on any atom is -0.351 e. The summed E-state index contributed by atoms with van der Waals surface area (Å²) in [5.41, 5.74) is 3.21. The number of benzene rings is 2. The number of hydrogen-bond donors (Lipinski definition) is 3. The predicted octanol–water partition coefficient (Wildman–Crippen LogP) is 5.26. The summed E-state index contributed by atoms with van der Waals surface area (Å²) in [4.78, 5) is 39.6. The van der Waals surface area contributed by atoms with Gasteiger partial charge in [0.1, 0.15) is 12.1 Å². The molecule has 0 radical (unpaired) electrons. The second-order valence-corrected chi connectivity index (χ2v) is 10.8. The molecule has 1 aliphatic rings. The van der Waals surface area contributed by atoms with Gasteiger partial charge in [0.15, 0.2) is 0 Å². The first kappa shape index (κ1) is 29.1. The molecule has 0 saturated heterocycles. The average Bonchev–Trinajstić information content (AvgIpc) is 3.54. The Balaban J connectivity index is 1.40. The van der Waals surface area contributed by atoms with Gasteiger partial charge in [-0.2, -0.15) is 0 Å². The van der Waals surface area contributed by atoms with E-state index in [4.69, 9.17) is 4.52 Å². The minimum atomic E-state index is -0.773. The Morgan fingerprint density at radius 1 is 0.900 bits per heavy atom. The lowest BCUT2D eigenvalue weighted by Crippen LogP contribution is -2.56. The largest absolute Gasteiger partial charge is 0.351 e. The van der Waals surface area contributed by atoms with Crippen molar-refractivity contribution in [2.75, 3.05) is 0 Å². The molecule has 3 amide bonds. The monoisotopic (exact) mass is 544 g/mol. The minimum absolute atomic E-state index is 0.0518. The highest BCUT2D eigenvalue weighted by molar-refractivity contribution is 5.96. The fourth-order valence-corrected chi connectivity index (χ4v) is 5.25. The molecule has 0 unspecified atom stereocenters. The number of nitrogens with zero attached hydrogens (tertiary/aromatic N) is 1. The smallest absolute Gasteiger partial charge is 0.290 e. The van der Waals surface area contributed by atoms with Crippen molar-refractivity contribution in [2.24, 2.45) is 11.8 Å². The Morgan fingerprint density at radius 3 is 2.25 bits per heavy atom. The lowest BCUT2D eigenvalue weighted by molar-refractivity contribution is -0.131. The lowest BCUT2D eigenvalue weighted by Gasteiger charge is -2.29. The lowest BCUT2D eigenvalue weighted by atomic mass is 9.84. The molecule has 40 heavy (non-hydrogen) atoms. The highest BCUT2D eigenvalue weighted by Crippen LogP contribution is 2.28. The average molecular weight is 545 g/mol. The maximum atomic E-state index is 13.6. The summed E-state index contributed by atoms with van der Waals surface area (Å²) in [6, 6.07) is 18.2. The van der Waals surface area contributed by atoms with E-state index in [1.807, 2.05) is 56.3 Å². The van der Waals surface area contributed by atoms with E-state index < -0.39 is 18.0 Å². The third-order valence-corrected chi connectivity index (χ3v) is 7.90. The van der Waals surface area contributed by atoms with Crippen LogP contribution in [0.1, 0.15) is 74.9 Å². The molecule has 1 aliphatic carbocycles. The number of carbonyl (C=O) groups excluding carboxylic acids is 3. The first-order chi connectivity index (χ1) is 19.4. The molecular formula is C32H40N4O4. The zero-order valence-corrected chi connectivity index (χ0v) is 23.4. The molecule has 3 aromatic rings.